The van der Waals surface area contributed by atoms with Crippen LogP contribution in [0.25, 0.3) is 0 Å². The number of hydrogen-bond donors (Lipinski definition) is 1. The van der Waals surface area contributed by atoms with Gasteiger partial charge in [0.15, 0.2) is 5.43 Å². The molecule has 0 bridgehead atoms. The van der Waals surface area contributed by atoms with Crippen molar-refractivity contribution in [1.82, 2.24) is 9.88 Å². The number of hydrogen-bond acceptors (Lipinski definition) is 2. The number of carbonyl (C=O) groups is 1. The van der Waals surface area contributed by atoms with Gasteiger partial charge in [-0.1, -0.05) is 30.3 Å². The van der Waals surface area contributed by atoms with Crippen molar-refractivity contribution in [2.75, 3.05) is 13.1 Å². The Morgan fingerprint density at radius 2 is 1.95 bits per heavy atom. The first-order valence-electron chi connectivity index (χ1n) is 7.14. The van der Waals surface area contributed by atoms with Gasteiger partial charge < -0.3 is 9.88 Å². The number of amides is 1. The van der Waals surface area contributed by atoms with Gasteiger partial charge in [0.2, 0.25) is 0 Å². The van der Waals surface area contributed by atoms with Crippen molar-refractivity contribution in [3.63, 3.8) is 0 Å². The number of pyridine rings is 1. The van der Waals surface area contributed by atoms with E-state index in [-0.39, 0.29) is 16.9 Å². The van der Waals surface area contributed by atoms with Crippen LogP contribution >= 0.6 is 0 Å². The zero-order valence-electron chi connectivity index (χ0n) is 12.4. The fourth-order valence-corrected chi connectivity index (χ4v) is 2.22. The molecular formula is C17H20N2O2. The lowest BCUT2D eigenvalue weighted by Crippen LogP contribution is -2.35. The summed E-state index contributed by atoms with van der Waals surface area (Å²) in [7, 11) is 0. The predicted octanol–water partition coefficient (Wildman–Crippen LogP) is 2.39. The van der Waals surface area contributed by atoms with Crippen LogP contribution in [-0.2, 0) is 6.42 Å². The van der Waals surface area contributed by atoms with Gasteiger partial charge in [0.25, 0.3) is 5.91 Å². The summed E-state index contributed by atoms with van der Waals surface area (Å²) in [6, 6.07) is 11.5. The molecule has 0 aliphatic heterocycles. The third kappa shape index (κ3) is 3.81. The second kappa shape index (κ2) is 6.88. The van der Waals surface area contributed by atoms with Crippen molar-refractivity contribution in [3.05, 3.63) is 69.6 Å². The highest BCUT2D eigenvalue weighted by Gasteiger charge is 2.17. The molecule has 0 fully saturated rings. The Hall–Kier alpha value is -2.36. The molecule has 110 valence electrons. The number of benzene rings is 1. The third-order valence-corrected chi connectivity index (χ3v) is 3.47. The number of likely N-dealkylation sites (N-methyl/N-ethyl adjacent to an activating group) is 1. The third-order valence-electron chi connectivity index (χ3n) is 3.47. The van der Waals surface area contributed by atoms with Crippen LogP contribution in [0.4, 0.5) is 0 Å². The SMILES string of the molecule is CCN(CCc1ccccc1)C(=O)c1c[nH]c(C)cc1=O. The number of aromatic nitrogens is 1. The highest BCUT2D eigenvalue weighted by atomic mass is 16.2. The van der Waals surface area contributed by atoms with Crippen LogP contribution in [0.15, 0.2) is 47.4 Å². The van der Waals surface area contributed by atoms with Crippen LogP contribution < -0.4 is 5.43 Å². The van der Waals surface area contributed by atoms with Crippen molar-refractivity contribution in [2.24, 2.45) is 0 Å². The van der Waals surface area contributed by atoms with Gasteiger partial charge in [0.05, 0.1) is 0 Å². The van der Waals surface area contributed by atoms with Gasteiger partial charge in [0.1, 0.15) is 5.56 Å². The number of carbonyl (C=O) groups excluding carboxylic acids is 1. The maximum Gasteiger partial charge on any atom is 0.259 e. The monoisotopic (exact) mass is 284 g/mol. The van der Waals surface area contributed by atoms with Gasteiger partial charge in [-0.2, -0.15) is 0 Å². The lowest BCUT2D eigenvalue weighted by molar-refractivity contribution is 0.0764. The van der Waals surface area contributed by atoms with E-state index in [2.05, 4.69) is 4.98 Å². The van der Waals surface area contributed by atoms with Crippen molar-refractivity contribution in [2.45, 2.75) is 20.3 Å². The van der Waals surface area contributed by atoms with Crippen LogP contribution in [0.5, 0.6) is 0 Å². The molecule has 0 saturated carbocycles. The Kier molecular flexibility index (Phi) is 4.93. The molecule has 0 aliphatic rings. The van der Waals surface area contributed by atoms with Crippen LogP contribution in [0.2, 0.25) is 0 Å². The van der Waals surface area contributed by atoms with Gasteiger partial charge in [-0.3, -0.25) is 9.59 Å². The average molecular weight is 284 g/mol. The smallest absolute Gasteiger partial charge is 0.259 e. The maximum atomic E-state index is 12.4. The summed E-state index contributed by atoms with van der Waals surface area (Å²) in [5.41, 5.74) is 1.91. The van der Waals surface area contributed by atoms with Crippen LogP contribution in [-0.4, -0.2) is 28.9 Å². The second-order valence-corrected chi connectivity index (χ2v) is 5.01. The zero-order valence-corrected chi connectivity index (χ0v) is 12.4. The summed E-state index contributed by atoms with van der Waals surface area (Å²) in [4.78, 5) is 29.0. The molecule has 1 heterocycles. The first kappa shape index (κ1) is 15.0. The molecule has 0 aliphatic carbocycles. The molecule has 2 rings (SSSR count). The Morgan fingerprint density at radius 3 is 2.57 bits per heavy atom. The lowest BCUT2D eigenvalue weighted by Gasteiger charge is -2.20. The van der Waals surface area contributed by atoms with Gasteiger partial charge in [-0.15, -0.1) is 0 Å². The van der Waals surface area contributed by atoms with E-state index in [0.717, 1.165) is 12.1 Å². The highest BCUT2D eigenvalue weighted by Crippen LogP contribution is 2.05. The molecule has 2 aromatic rings. The minimum Gasteiger partial charge on any atom is -0.364 e. The van der Waals surface area contributed by atoms with Crippen molar-refractivity contribution in [3.8, 4) is 0 Å². The fraction of sp³-hybridized carbons (Fsp3) is 0.294. The molecule has 0 saturated heterocycles. The first-order valence-corrected chi connectivity index (χ1v) is 7.14. The molecular weight excluding hydrogens is 264 g/mol. The van der Waals surface area contributed by atoms with E-state index < -0.39 is 0 Å². The molecule has 0 spiro atoms. The first-order chi connectivity index (χ1) is 10.1. The summed E-state index contributed by atoms with van der Waals surface area (Å²) in [6.07, 6.45) is 2.29. The van der Waals surface area contributed by atoms with Crippen molar-refractivity contribution >= 4 is 5.91 Å². The maximum absolute atomic E-state index is 12.4. The number of aryl methyl sites for hydroxylation is 1. The second-order valence-electron chi connectivity index (χ2n) is 5.01. The van der Waals surface area contributed by atoms with Crippen molar-refractivity contribution < 1.29 is 4.79 Å². The average Bonchev–Trinajstić information content (AvgIpc) is 2.48. The van der Waals surface area contributed by atoms with Crippen molar-refractivity contribution in [1.29, 1.82) is 0 Å². The van der Waals surface area contributed by atoms with E-state index in [1.807, 2.05) is 37.3 Å². The van der Waals surface area contributed by atoms with Gasteiger partial charge in [-0.25, -0.2) is 0 Å². The van der Waals surface area contributed by atoms with Crippen LogP contribution in [0.1, 0.15) is 28.5 Å². The van der Waals surface area contributed by atoms with E-state index in [0.29, 0.717) is 13.1 Å². The Bertz CT molecular complexity index is 662. The predicted molar refractivity (Wildman–Crippen MR) is 83.5 cm³/mol. The Morgan fingerprint density at radius 1 is 1.24 bits per heavy atom. The van der Waals surface area contributed by atoms with E-state index in [9.17, 15) is 9.59 Å². The molecule has 1 aromatic carbocycles. The lowest BCUT2D eigenvalue weighted by atomic mass is 10.1. The number of nitrogens with zero attached hydrogens (tertiary/aromatic N) is 1. The summed E-state index contributed by atoms with van der Waals surface area (Å²) < 4.78 is 0. The normalized spacial score (nSPS) is 10.4. The molecule has 0 radical (unpaired) electrons. The van der Waals surface area contributed by atoms with E-state index in [1.165, 1.54) is 17.8 Å². The molecule has 1 amide bonds. The fourth-order valence-electron chi connectivity index (χ4n) is 2.22. The van der Waals surface area contributed by atoms with Gasteiger partial charge in [-0.05, 0) is 25.8 Å². The van der Waals surface area contributed by atoms with E-state index >= 15 is 0 Å². The van der Waals surface area contributed by atoms with E-state index in [1.54, 1.807) is 11.8 Å². The minimum absolute atomic E-state index is 0.204. The molecule has 1 N–H and O–H groups in total. The Balaban J connectivity index is 2.10. The number of rotatable bonds is 5. The topological polar surface area (TPSA) is 53.2 Å². The largest absolute Gasteiger partial charge is 0.364 e. The Labute approximate surface area is 124 Å². The molecule has 21 heavy (non-hydrogen) atoms. The number of H-pyrrole nitrogens is 1. The number of nitrogens with one attached hydrogen (secondary N) is 1. The standard InChI is InChI=1S/C17H20N2O2/c1-3-19(10-9-14-7-5-4-6-8-14)17(21)15-12-18-13(2)11-16(15)20/h4-8,11-12H,3,9-10H2,1-2H3,(H,18,20). The molecule has 4 heteroatoms. The molecule has 0 unspecified atom stereocenters. The molecule has 0 atom stereocenters. The van der Waals surface area contributed by atoms with Crippen LogP contribution in [0.3, 0.4) is 0 Å². The van der Waals surface area contributed by atoms with Gasteiger partial charge >= 0.3 is 0 Å². The van der Waals surface area contributed by atoms with E-state index in [4.69, 9.17) is 0 Å². The van der Waals surface area contributed by atoms with Gasteiger partial charge in [0, 0.05) is 31.0 Å². The van der Waals surface area contributed by atoms with Crippen LogP contribution in [0, 0.1) is 6.92 Å². The summed E-state index contributed by atoms with van der Waals surface area (Å²) in [6.45, 7) is 4.90. The zero-order chi connectivity index (χ0) is 15.2. The minimum atomic E-state index is -0.227. The summed E-state index contributed by atoms with van der Waals surface area (Å²) in [5.74, 6) is -0.213. The summed E-state index contributed by atoms with van der Waals surface area (Å²) in [5, 5.41) is 0. The molecule has 4 nitrogen and oxygen atoms in total. The molecule has 1 aromatic heterocycles. The quantitative estimate of drug-likeness (QED) is 0.916. The number of aromatic amines is 1. The highest BCUT2D eigenvalue weighted by molar-refractivity contribution is 5.93. The summed E-state index contributed by atoms with van der Waals surface area (Å²) >= 11 is 0.